The summed E-state index contributed by atoms with van der Waals surface area (Å²) in [5.74, 6) is -0.535. The van der Waals surface area contributed by atoms with Crippen molar-refractivity contribution >= 4 is 43.9 Å². The number of likely N-dealkylation sites (N-methyl/N-ethyl adjacent to an activating group) is 1. The third-order valence-electron chi connectivity index (χ3n) is 6.32. The molecule has 0 aliphatic carbocycles. The van der Waals surface area contributed by atoms with Crippen molar-refractivity contribution in [1.29, 1.82) is 0 Å². The monoisotopic (exact) mass is 526 g/mol. The molecule has 2 amide bonds. The number of para-hydroxylation sites is 1. The summed E-state index contributed by atoms with van der Waals surface area (Å²) in [6, 6.07) is 14.6. The van der Waals surface area contributed by atoms with Gasteiger partial charge in [-0.3, -0.25) is 18.8 Å². The quantitative estimate of drug-likeness (QED) is 0.504. The second kappa shape index (κ2) is 10.4. The third-order valence-corrected chi connectivity index (χ3v) is 9.26. The fourth-order valence-electron chi connectivity index (χ4n) is 4.15. The van der Waals surface area contributed by atoms with Gasteiger partial charge in [0.2, 0.25) is 0 Å². The van der Waals surface area contributed by atoms with E-state index in [0.29, 0.717) is 21.8 Å². The van der Waals surface area contributed by atoms with Crippen molar-refractivity contribution in [2.45, 2.75) is 24.8 Å². The molecule has 0 saturated heterocycles. The van der Waals surface area contributed by atoms with Crippen LogP contribution in [0.5, 0.6) is 0 Å². The largest absolute Gasteiger partial charge is 0.345 e. The minimum absolute atomic E-state index is 0.0834. The number of benzene rings is 2. The molecule has 0 bridgehead atoms. The molecule has 1 aromatic heterocycles. The first-order valence-corrected chi connectivity index (χ1v) is 13.9. The van der Waals surface area contributed by atoms with Gasteiger partial charge in [0, 0.05) is 44.7 Å². The molecule has 0 fully saturated rings. The predicted octanol–water partition coefficient (Wildman–Crippen LogP) is 3.91. The van der Waals surface area contributed by atoms with Crippen LogP contribution in [0.15, 0.2) is 59.5 Å². The maximum absolute atomic E-state index is 13.1. The molecule has 8 nitrogen and oxygen atoms in total. The van der Waals surface area contributed by atoms with E-state index < -0.39 is 15.9 Å². The lowest BCUT2D eigenvalue weighted by atomic mass is 10.0. The summed E-state index contributed by atoms with van der Waals surface area (Å²) in [6.07, 6.45) is 0.756. The highest BCUT2D eigenvalue weighted by molar-refractivity contribution is 7.92. The van der Waals surface area contributed by atoms with E-state index in [2.05, 4.69) is 17.1 Å². The number of hydrogen-bond donors (Lipinski definition) is 1. The van der Waals surface area contributed by atoms with Crippen LogP contribution >= 0.6 is 11.3 Å². The Balaban J connectivity index is 1.58. The number of anilines is 2. The van der Waals surface area contributed by atoms with E-state index in [1.165, 1.54) is 51.9 Å². The van der Waals surface area contributed by atoms with Crippen LogP contribution in [0.25, 0.3) is 0 Å². The molecule has 0 spiro atoms. The summed E-state index contributed by atoms with van der Waals surface area (Å²) < 4.78 is 27.3. The number of rotatable bonds is 7. The van der Waals surface area contributed by atoms with Gasteiger partial charge in [0.1, 0.15) is 5.00 Å². The summed E-state index contributed by atoms with van der Waals surface area (Å²) >= 11 is 1.44. The second-order valence-electron chi connectivity index (χ2n) is 8.81. The van der Waals surface area contributed by atoms with Crippen LogP contribution in [0.3, 0.4) is 0 Å². The fraction of sp³-hybridized carbons (Fsp3) is 0.308. The molecule has 4 rings (SSSR count). The van der Waals surface area contributed by atoms with Gasteiger partial charge in [0.25, 0.3) is 21.8 Å². The number of sulfonamides is 1. The molecule has 0 unspecified atom stereocenters. The van der Waals surface area contributed by atoms with Crippen molar-refractivity contribution in [3.05, 3.63) is 76.2 Å². The van der Waals surface area contributed by atoms with Crippen LogP contribution in [-0.4, -0.2) is 64.3 Å². The molecule has 0 atom stereocenters. The zero-order valence-electron chi connectivity index (χ0n) is 20.8. The van der Waals surface area contributed by atoms with E-state index in [-0.39, 0.29) is 10.8 Å². The topological polar surface area (TPSA) is 90.0 Å². The summed E-state index contributed by atoms with van der Waals surface area (Å²) in [5, 5.41) is 3.44. The van der Waals surface area contributed by atoms with Crippen molar-refractivity contribution in [3.8, 4) is 0 Å². The average molecular weight is 527 g/mol. The Labute approximate surface area is 216 Å². The lowest BCUT2D eigenvalue weighted by Crippen LogP contribution is -2.31. The third kappa shape index (κ3) is 5.02. The molecule has 3 aromatic rings. The number of nitrogens with zero attached hydrogens (tertiary/aromatic N) is 3. The van der Waals surface area contributed by atoms with Gasteiger partial charge in [-0.25, -0.2) is 8.42 Å². The molecule has 2 heterocycles. The Kier molecular flexibility index (Phi) is 7.49. The van der Waals surface area contributed by atoms with E-state index in [1.807, 2.05) is 6.07 Å². The molecule has 10 heteroatoms. The molecule has 0 saturated carbocycles. The zero-order valence-corrected chi connectivity index (χ0v) is 22.4. The van der Waals surface area contributed by atoms with E-state index >= 15 is 0 Å². The number of thiophene rings is 1. The predicted molar refractivity (Wildman–Crippen MR) is 143 cm³/mol. The average Bonchev–Trinajstić information content (AvgIpc) is 3.24. The number of nitrogens with one attached hydrogen (secondary N) is 1. The van der Waals surface area contributed by atoms with Crippen molar-refractivity contribution < 1.29 is 18.0 Å². The Morgan fingerprint density at radius 1 is 1.03 bits per heavy atom. The number of amides is 2. The summed E-state index contributed by atoms with van der Waals surface area (Å²) in [6.45, 7) is 4.65. The molecular formula is C26H30N4O4S2. The van der Waals surface area contributed by atoms with E-state index in [1.54, 1.807) is 38.4 Å². The Bertz CT molecular complexity index is 1370. The van der Waals surface area contributed by atoms with Gasteiger partial charge in [-0.1, -0.05) is 25.1 Å². The molecule has 1 aliphatic rings. The Morgan fingerprint density at radius 2 is 1.69 bits per heavy atom. The van der Waals surface area contributed by atoms with Crippen molar-refractivity contribution in [2.75, 3.05) is 43.9 Å². The van der Waals surface area contributed by atoms with Gasteiger partial charge in [-0.15, -0.1) is 11.3 Å². The van der Waals surface area contributed by atoms with E-state index in [0.717, 1.165) is 36.5 Å². The highest BCUT2D eigenvalue weighted by atomic mass is 32.2. The number of fused-ring (bicyclic) bond motifs is 1. The van der Waals surface area contributed by atoms with Crippen LogP contribution in [0.2, 0.25) is 0 Å². The number of hydrogen-bond acceptors (Lipinski definition) is 6. The molecule has 0 radical (unpaired) electrons. The molecule has 190 valence electrons. The smallest absolute Gasteiger partial charge is 0.264 e. The van der Waals surface area contributed by atoms with Crippen molar-refractivity contribution in [1.82, 2.24) is 9.80 Å². The van der Waals surface area contributed by atoms with Gasteiger partial charge in [-0.05, 0) is 54.9 Å². The van der Waals surface area contributed by atoms with Gasteiger partial charge in [-0.2, -0.15) is 0 Å². The normalized spacial score (nSPS) is 13.7. The Morgan fingerprint density at radius 3 is 2.31 bits per heavy atom. The van der Waals surface area contributed by atoms with E-state index in [4.69, 9.17) is 0 Å². The van der Waals surface area contributed by atoms with Crippen molar-refractivity contribution in [3.63, 3.8) is 0 Å². The fourth-order valence-corrected chi connectivity index (χ4v) is 6.63. The molecule has 1 N–H and O–H groups in total. The molecule has 2 aromatic carbocycles. The zero-order chi connectivity index (χ0) is 26.0. The van der Waals surface area contributed by atoms with Crippen LogP contribution < -0.4 is 9.62 Å². The molecule has 36 heavy (non-hydrogen) atoms. The highest BCUT2D eigenvalue weighted by Gasteiger charge is 2.29. The lowest BCUT2D eigenvalue weighted by Gasteiger charge is -2.25. The van der Waals surface area contributed by atoms with Crippen LogP contribution in [0.4, 0.5) is 10.7 Å². The maximum atomic E-state index is 13.1. The first kappa shape index (κ1) is 25.9. The van der Waals surface area contributed by atoms with Crippen LogP contribution in [0.1, 0.15) is 38.1 Å². The highest BCUT2D eigenvalue weighted by Crippen LogP contribution is 2.38. The Hall–Kier alpha value is -3.21. The first-order chi connectivity index (χ1) is 17.1. The minimum Gasteiger partial charge on any atom is -0.345 e. The molecular weight excluding hydrogens is 496 g/mol. The van der Waals surface area contributed by atoms with Crippen molar-refractivity contribution in [2.24, 2.45) is 0 Å². The summed E-state index contributed by atoms with van der Waals surface area (Å²) in [5.41, 5.74) is 2.40. The number of carbonyl (C=O) groups excluding carboxylic acids is 2. The van der Waals surface area contributed by atoms with Crippen LogP contribution in [0, 0.1) is 0 Å². The standard InChI is InChI=1S/C26H30N4O4S2/c1-5-30-16-15-21-22(17-30)35-25(23(21)26(32)28(2)3)27-24(31)18-11-13-20(14-12-18)36(33,34)29(4)19-9-7-6-8-10-19/h6-14H,5,15-17H2,1-4H3,(H,27,31). The molecule has 1 aliphatic heterocycles. The van der Waals surface area contributed by atoms with Crippen LogP contribution in [-0.2, 0) is 23.0 Å². The minimum atomic E-state index is -3.78. The van der Waals surface area contributed by atoms with Gasteiger partial charge in [0.05, 0.1) is 16.1 Å². The summed E-state index contributed by atoms with van der Waals surface area (Å²) in [4.78, 5) is 31.1. The van der Waals surface area contributed by atoms with Gasteiger partial charge in [0.15, 0.2) is 0 Å². The first-order valence-electron chi connectivity index (χ1n) is 11.7. The van der Waals surface area contributed by atoms with E-state index in [9.17, 15) is 18.0 Å². The SMILES string of the molecule is CCN1CCc2c(sc(NC(=O)c3ccc(S(=O)(=O)N(C)c4ccccc4)cc3)c2C(=O)N(C)C)C1. The van der Waals surface area contributed by atoms with Gasteiger partial charge >= 0.3 is 0 Å². The maximum Gasteiger partial charge on any atom is 0.264 e. The van der Waals surface area contributed by atoms with Gasteiger partial charge < -0.3 is 10.2 Å². The lowest BCUT2D eigenvalue weighted by molar-refractivity contribution is 0.0827. The number of carbonyl (C=O) groups is 2. The second-order valence-corrected chi connectivity index (χ2v) is 11.9. The summed E-state index contributed by atoms with van der Waals surface area (Å²) in [7, 11) is 1.11.